The van der Waals surface area contributed by atoms with Gasteiger partial charge in [0, 0.05) is 50.4 Å². The van der Waals surface area contributed by atoms with Crippen LogP contribution in [0, 0.1) is 18.8 Å². The molecule has 1 nitrogen and oxygen atoms in total. The Labute approximate surface area is 114 Å². The third-order valence-corrected chi connectivity index (χ3v) is 1.98. The number of benzene rings is 1. The molecule has 2 rings (SSSR count). The SMILES string of the molecule is Cc1ccc(-c2c[c-]c(F)cc2)nc1.[Y]. The van der Waals surface area contributed by atoms with E-state index >= 15 is 0 Å². The molecule has 0 fully saturated rings. The van der Waals surface area contributed by atoms with Crippen LogP contribution in [-0.2, 0) is 32.7 Å². The molecule has 0 bridgehead atoms. The summed E-state index contributed by atoms with van der Waals surface area (Å²) in [5.41, 5.74) is 2.83. The zero-order valence-electron chi connectivity index (χ0n) is 8.37. The van der Waals surface area contributed by atoms with Crippen molar-refractivity contribution in [2.75, 3.05) is 0 Å². The van der Waals surface area contributed by atoms with Crippen molar-refractivity contribution in [1.29, 1.82) is 0 Å². The van der Waals surface area contributed by atoms with Gasteiger partial charge in [0.2, 0.25) is 0 Å². The molecule has 0 aliphatic heterocycles. The molecule has 0 saturated carbocycles. The Kier molecular flexibility index (Phi) is 4.55. The van der Waals surface area contributed by atoms with E-state index in [2.05, 4.69) is 11.1 Å². The van der Waals surface area contributed by atoms with Crippen LogP contribution in [0.25, 0.3) is 11.3 Å². The van der Waals surface area contributed by atoms with Crippen molar-refractivity contribution in [1.82, 2.24) is 4.98 Å². The van der Waals surface area contributed by atoms with Gasteiger partial charge < -0.3 is 0 Å². The summed E-state index contributed by atoms with van der Waals surface area (Å²) in [5, 5.41) is 0. The first-order valence-electron chi connectivity index (χ1n) is 4.36. The molecule has 3 heteroatoms. The molecule has 1 heterocycles. The summed E-state index contributed by atoms with van der Waals surface area (Å²) >= 11 is 0. The molecule has 2 aromatic rings. The summed E-state index contributed by atoms with van der Waals surface area (Å²) in [6.07, 6.45) is 1.79. The Morgan fingerprint density at radius 2 is 2.00 bits per heavy atom. The second kappa shape index (κ2) is 5.48. The van der Waals surface area contributed by atoms with E-state index in [9.17, 15) is 4.39 Å². The molecule has 0 N–H and O–H groups in total. The summed E-state index contributed by atoms with van der Waals surface area (Å²) in [4.78, 5) is 4.24. The van der Waals surface area contributed by atoms with Crippen LogP contribution in [0.2, 0.25) is 0 Å². The van der Waals surface area contributed by atoms with Gasteiger partial charge in [0.05, 0.1) is 0 Å². The van der Waals surface area contributed by atoms with Crippen molar-refractivity contribution < 1.29 is 37.1 Å². The van der Waals surface area contributed by atoms with E-state index in [1.165, 1.54) is 6.07 Å². The van der Waals surface area contributed by atoms with E-state index in [4.69, 9.17) is 0 Å². The molecule has 1 aromatic carbocycles. The predicted molar refractivity (Wildman–Crippen MR) is 53.2 cm³/mol. The second-order valence-electron chi connectivity index (χ2n) is 3.15. The first kappa shape index (κ1) is 12.5. The van der Waals surface area contributed by atoms with Gasteiger partial charge in [0.25, 0.3) is 0 Å². The van der Waals surface area contributed by atoms with Crippen molar-refractivity contribution in [3.05, 3.63) is 54.0 Å². The minimum atomic E-state index is -0.346. The summed E-state index contributed by atoms with van der Waals surface area (Å²) < 4.78 is 12.6. The molecule has 15 heavy (non-hydrogen) atoms. The van der Waals surface area contributed by atoms with Crippen molar-refractivity contribution in [3.8, 4) is 11.3 Å². The number of hydrogen-bond donors (Lipinski definition) is 0. The van der Waals surface area contributed by atoms with Crippen molar-refractivity contribution in [2.24, 2.45) is 0 Å². The fourth-order valence-corrected chi connectivity index (χ4v) is 1.20. The topological polar surface area (TPSA) is 12.9 Å². The first-order chi connectivity index (χ1) is 6.75. The molecule has 0 aliphatic rings. The van der Waals surface area contributed by atoms with E-state index in [1.807, 2.05) is 19.1 Å². The molecule has 0 atom stereocenters. The van der Waals surface area contributed by atoms with Crippen LogP contribution in [0.3, 0.4) is 0 Å². The molecular formula is C12H9FNY-. The fraction of sp³-hybridized carbons (Fsp3) is 0.0833. The van der Waals surface area contributed by atoms with Gasteiger partial charge in [-0.3, -0.25) is 4.98 Å². The molecule has 0 unspecified atom stereocenters. The van der Waals surface area contributed by atoms with Crippen LogP contribution in [0.4, 0.5) is 4.39 Å². The summed E-state index contributed by atoms with van der Waals surface area (Å²) in [6, 6.07) is 11.1. The molecule has 1 aromatic heterocycles. The Bertz CT molecular complexity index is 379. The Hall–Kier alpha value is -0.596. The number of hydrogen-bond acceptors (Lipinski definition) is 1. The van der Waals surface area contributed by atoms with E-state index in [1.54, 1.807) is 18.3 Å². The van der Waals surface area contributed by atoms with Gasteiger partial charge in [0.15, 0.2) is 0 Å². The molecule has 0 spiro atoms. The second-order valence-corrected chi connectivity index (χ2v) is 3.15. The number of pyridine rings is 1. The zero-order valence-corrected chi connectivity index (χ0v) is 11.2. The Balaban J connectivity index is 0.00000112. The molecular weight excluding hydrogens is 266 g/mol. The van der Waals surface area contributed by atoms with Gasteiger partial charge in [-0.05, 0) is 18.6 Å². The van der Waals surface area contributed by atoms with Crippen molar-refractivity contribution in [3.63, 3.8) is 0 Å². The van der Waals surface area contributed by atoms with Crippen LogP contribution in [0.1, 0.15) is 5.56 Å². The number of aryl methyl sites for hydroxylation is 1. The maximum Gasteiger partial charge on any atom is 0.0291 e. The molecule has 73 valence electrons. The summed E-state index contributed by atoms with van der Waals surface area (Å²) in [5.74, 6) is -0.346. The maximum absolute atomic E-state index is 12.6. The number of nitrogens with zero attached hydrogens (tertiary/aromatic N) is 1. The third kappa shape index (κ3) is 3.18. The minimum absolute atomic E-state index is 0. The number of aromatic nitrogens is 1. The van der Waals surface area contributed by atoms with Gasteiger partial charge in [-0.2, -0.15) is 12.1 Å². The van der Waals surface area contributed by atoms with Crippen molar-refractivity contribution in [2.45, 2.75) is 6.92 Å². The Morgan fingerprint density at radius 3 is 2.53 bits per heavy atom. The zero-order chi connectivity index (χ0) is 9.97. The van der Waals surface area contributed by atoms with Crippen LogP contribution in [-0.4, -0.2) is 4.98 Å². The standard InChI is InChI=1S/C12H9FN.Y/c1-9-2-7-12(14-8-9)10-3-5-11(13)6-4-10;/h2-5,7-8H,1H3;/q-1;. The fourth-order valence-electron chi connectivity index (χ4n) is 1.20. The maximum atomic E-state index is 12.6. The van der Waals surface area contributed by atoms with Crippen LogP contribution in [0.15, 0.2) is 36.5 Å². The number of halogens is 1. The Morgan fingerprint density at radius 1 is 1.20 bits per heavy atom. The monoisotopic (exact) mass is 275 g/mol. The smallest absolute Gasteiger partial charge is 0.0291 e. The number of rotatable bonds is 1. The largest absolute Gasteiger partial charge is 0.269 e. The van der Waals surface area contributed by atoms with Gasteiger partial charge in [-0.15, -0.1) is 17.7 Å². The first-order valence-corrected chi connectivity index (χ1v) is 4.36. The van der Waals surface area contributed by atoms with Gasteiger partial charge in [0.1, 0.15) is 0 Å². The van der Waals surface area contributed by atoms with E-state index in [-0.39, 0.29) is 38.5 Å². The van der Waals surface area contributed by atoms with Crippen LogP contribution < -0.4 is 0 Å². The predicted octanol–water partition coefficient (Wildman–Crippen LogP) is 2.99. The van der Waals surface area contributed by atoms with Gasteiger partial charge in [-0.25, -0.2) is 4.39 Å². The molecule has 0 saturated heterocycles. The third-order valence-electron chi connectivity index (χ3n) is 1.98. The van der Waals surface area contributed by atoms with E-state index in [0.29, 0.717) is 0 Å². The van der Waals surface area contributed by atoms with E-state index < -0.39 is 0 Å². The summed E-state index contributed by atoms with van der Waals surface area (Å²) in [6.45, 7) is 1.98. The molecule has 0 aliphatic carbocycles. The molecule has 1 radical (unpaired) electrons. The van der Waals surface area contributed by atoms with Gasteiger partial charge in [-0.1, -0.05) is 6.07 Å². The average Bonchev–Trinajstić information content (AvgIpc) is 2.21. The van der Waals surface area contributed by atoms with E-state index in [0.717, 1.165) is 16.8 Å². The quantitative estimate of drug-likeness (QED) is 0.729. The average molecular weight is 275 g/mol. The van der Waals surface area contributed by atoms with Crippen LogP contribution in [0.5, 0.6) is 0 Å². The minimum Gasteiger partial charge on any atom is -0.269 e. The van der Waals surface area contributed by atoms with Gasteiger partial charge >= 0.3 is 0 Å². The molecule has 0 amide bonds. The summed E-state index contributed by atoms with van der Waals surface area (Å²) in [7, 11) is 0. The van der Waals surface area contributed by atoms with Crippen molar-refractivity contribution >= 4 is 0 Å². The van der Waals surface area contributed by atoms with Crippen LogP contribution >= 0.6 is 0 Å². The normalized spacial score (nSPS) is 9.47.